The highest BCUT2D eigenvalue weighted by molar-refractivity contribution is 7.89. The molecule has 1 unspecified atom stereocenters. The lowest BCUT2D eigenvalue weighted by Crippen LogP contribution is -2.57. The molecular weight excluding hydrogens is 436 g/mol. The van der Waals surface area contributed by atoms with Gasteiger partial charge in [0.1, 0.15) is 5.72 Å². The molecule has 0 saturated carbocycles. The maximum Gasteiger partial charge on any atom is 0.241 e. The number of nitrogens with one attached hydrogen (secondary N) is 1. The van der Waals surface area contributed by atoms with Crippen LogP contribution in [0.5, 0.6) is 0 Å². The topological polar surface area (TPSA) is 74.8 Å². The fourth-order valence-corrected chi connectivity index (χ4v) is 5.45. The minimum Gasteiger partial charge on any atom is -0.360 e. The lowest BCUT2D eigenvalue weighted by Gasteiger charge is -2.45. The molecule has 0 bridgehead atoms. The van der Waals surface area contributed by atoms with E-state index in [9.17, 15) is 8.42 Å². The molecule has 0 radical (unpaired) electrons. The monoisotopic (exact) mass is 464 g/mol. The second-order valence-electron chi connectivity index (χ2n) is 7.62. The van der Waals surface area contributed by atoms with Crippen molar-refractivity contribution >= 4 is 33.2 Å². The number of ether oxygens (including phenoxy) is 1. The van der Waals surface area contributed by atoms with Crippen LogP contribution in [0.4, 0.5) is 0 Å². The van der Waals surface area contributed by atoms with Gasteiger partial charge in [0.2, 0.25) is 10.0 Å². The highest BCUT2D eigenvalue weighted by Gasteiger charge is 2.36. The summed E-state index contributed by atoms with van der Waals surface area (Å²) >= 11 is 0. The van der Waals surface area contributed by atoms with Crippen LogP contribution in [-0.4, -0.2) is 75.3 Å². The van der Waals surface area contributed by atoms with Crippen molar-refractivity contribution in [2.45, 2.75) is 17.0 Å². The third-order valence-corrected chi connectivity index (χ3v) is 7.44. The molecule has 31 heavy (non-hydrogen) atoms. The summed E-state index contributed by atoms with van der Waals surface area (Å²) in [7, 11) is -1.82. The minimum absolute atomic E-state index is 0. The number of benzene rings is 1. The molecule has 168 valence electrons. The third kappa shape index (κ3) is 5.16. The number of piperazine rings is 1. The summed E-state index contributed by atoms with van der Waals surface area (Å²) in [5.41, 5.74) is -0.356. The van der Waals surface area contributed by atoms with E-state index in [1.807, 2.05) is 18.2 Å². The van der Waals surface area contributed by atoms with Gasteiger partial charge in [0, 0.05) is 76.0 Å². The van der Waals surface area contributed by atoms with Crippen LogP contribution in [0.3, 0.4) is 0 Å². The van der Waals surface area contributed by atoms with Gasteiger partial charge in [-0.25, -0.2) is 13.1 Å². The zero-order valence-electron chi connectivity index (χ0n) is 17.6. The fourth-order valence-electron chi connectivity index (χ4n) is 4.20. The predicted molar refractivity (Wildman–Crippen MR) is 125 cm³/mol. The molecular formula is C22H29ClN4O3S. The smallest absolute Gasteiger partial charge is 0.241 e. The molecule has 1 aliphatic carbocycles. The van der Waals surface area contributed by atoms with Gasteiger partial charge in [-0.05, 0) is 18.2 Å². The molecule has 1 aliphatic heterocycles. The number of sulfonamides is 1. The summed E-state index contributed by atoms with van der Waals surface area (Å²) in [5.74, 6) is 0. The molecule has 4 rings (SSSR count). The van der Waals surface area contributed by atoms with Crippen molar-refractivity contribution in [2.24, 2.45) is 0 Å². The first-order valence-electron chi connectivity index (χ1n) is 10.2. The first-order chi connectivity index (χ1) is 14.5. The molecule has 1 aromatic carbocycles. The summed E-state index contributed by atoms with van der Waals surface area (Å²) in [6.45, 7) is 4.58. The van der Waals surface area contributed by atoms with Crippen LogP contribution in [0.1, 0.15) is 6.42 Å². The van der Waals surface area contributed by atoms with E-state index in [0.29, 0.717) is 23.4 Å². The summed E-state index contributed by atoms with van der Waals surface area (Å²) in [6, 6.07) is 6.99. The van der Waals surface area contributed by atoms with E-state index in [4.69, 9.17) is 4.74 Å². The standard InChI is InChI=1S/C22H28N4O3S.ClH/c1-29-22(9-3-2-4-10-22)26-16-14-25(15-17-26)13-12-24-30(27,28)21-7-5-6-19-18-23-11-8-20(19)21;/h2-9,11,18,24H,10,12-17H2,1H3;1H. The number of halogens is 1. The van der Waals surface area contributed by atoms with E-state index in [1.54, 1.807) is 37.7 Å². The second kappa shape index (κ2) is 10.2. The third-order valence-electron chi connectivity index (χ3n) is 5.93. The Labute approximate surface area is 190 Å². The first kappa shape index (κ1) is 23.8. The Kier molecular flexibility index (Phi) is 7.85. The van der Waals surface area contributed by atoms with Crippen molar-refractivity contribution in [3.8, 4) is 0 Å². The van der Waals surface area contributed by atoms with Crippen molar-refractivity contribution in [1.29, 1.82) is 0 Å². The van der Waals surface area contributed by atoms with Crippen molar-refractivity contribution < 1.29 is 13.2 Å². The molecule has 2 aromatic rings. The highest BCUT2D eigenvalue weighted by atomic mass is 35.5. The number of nitrogens with zero attached hydrogens (tertiary/aromatic N) is 3. The van der Waals surface area contributed by atoms with Crippen molar-refractivity contribution in [3.05, 3.63) is 61.0 Å². The predicted octanol–water partition coefficient (Wildman–Crippen LogP) is 2.41. The number of aromatic nitrogens is 1. The van der Waals surface area contributed by atoms with Gasteiger partial charge < -0.3 is 4.74 Å². The molecule has 2 aliphatic rings. The second-order valence-corrected chi connectivity index (χ2v) is 9.36. The van der Waals surface area contributed by atoms with E-state index in [1.165, 1.54) is 0 Å². The van der Waals surface area contributed by atoms with Gasteiger partial charge in [-0.15, -0.1) is 12.4 Å². The molecule has 9 heteroatoms. The van der Waals surface area contributed by atoms with Crippen LogP contribution >= 0.6 is 12.4 Å². The van der Waals surface area contributed by atoms with E-state index in [0.717, 1.165) is 38.0 Å². The quantitative estimate of drug-likeness (QED) is 0.678. The number of allylic oxidation sites excluding steroid dienone is 2. The Balaban J connectivity index is 0.00000272. The van der Waals surface area contributed by atoms with Crippen LogP contribution in [0, 0.1) is 0 Å². The Bertz CT molecular complexity index is 1050. The molecule has 7 nitrogen and oxygen atoms in total. The normalized spacial score (nSPS) is 22.5. The van der Waals surface area contributed by atoms with Crippen LogP contribution in [0.15, 0.2) is 65.9 Å². The molecule has 0 spiro atoms. The van der Waals surface area contributed by atoms with Crippen molar-refractivity contribution in [2.75, 3.05) is 46.4 Å². The van der Waals surface area contributed by atoms with Crippen LogP contribution in [-0.2, 0) is 14.8 Å². The molecule has 1 fully saturated rings. The molecule has 0 amide bonds. The number of rotatable bonds is 7. The first-order valence-corrected chi connectivity index (χ1v) is 11.7. The number of pyridine rings is 1. The van der Waals surface area contributed by atoms with Crippen LogP contribution in [0.2, 0.25) is 0 Å². The molecule has 1 aromatic heterocycles. The summed E-state index contributed by atoms with van der Waals surface area (Å²) in [6.07, 6.45) is 12.5. The van der Waals surface area contributed by atoms with Gasteiger partial charge in [0.15, 0.2) is 0 Å². The van der Waals surface area contributed by atoms with Gasteiger partial charge in [0.25, 0.3) is 0 Å². The zero-order chi connectivity index (χ0) is 21.0. The largest absolute Gasteiger partial charge is 0.360 e. The Morgan fingerprint density at radius 3 is 2.68 bits per heavy atom. The SMILES string of the molecule is COC1(N2CCN(CCNS(=O)(=O)c3cccc4cnccc34)CC2)C=CC=CC1.Cl. The van der Waals surface area contributed by atoms with E-state index >= 15 is 0 Å². The number of hydrogen-bond donors (Lipinski definition) is 1. The number of hydrogen-bond acceptors (Lipinski definition) is 6. The van der Waals surface area contributed by atoms with Gasteiger partial charge in [-0.1, -0.05) is 30.4 Å². The maximum absolute atomic E-state index is 12.8. The molecule has 1 atom stereocenters. The Morgan fingerprint density at radius 1 is 1.16 bits per heavy atom. The van der Waals surface area contributed by atoms with Gasteiger partial charge in [0.05, 0.1) is 4.90 Å². The maximum atomic E-state index is 12.8. The fraction of sp³-hybridized carbons (Fsp3) is 0.409. The Hall–Kier alpha value is -1.81. The van der Waals surface area contributed by atoms with Gasteiger partial charge in [-0.2, -0.15) is 0 Å². The summed E-state index contributed by atoms with van der Waals surface area (Å²) < 4.78 is 34.3. The zero-order valence-corrected chi connectivity index (χ0v) is 19.2. The van der Waals surface area contributed by atoms with E-state index in [-0.39, 0.29) is 18.1 Å². The van der Waals surface area contributed by atoms with Gasteiger partial charge >= 0.3 is 0 Å². The summed E-state index contributed by atoms with van der Waals surface area (Å²) in [4.78, 5) is 9.01. The highest BCUT2D eigenvalue weighted by Crippen LogP contribution is 2.27. The van der Waals surface area contributed by atoms with E-state index in [2.05, 4.69) is 31.7 Å². The van der Waals surface area contributed by atoms with Crippen molar-refractivity contribution in [3.63, 3.8) is 0 Å². The lowest BCUT2D eigenvalue weighted by atomic mass is 10.0. The average Bonchev–Trinajstić information content (AvgIpc) is 2.79. The average molecular weight is 465 g/mol. The number of fused-ring (bicyclic) bond motifs is 1. The van der Waals surface area contributed by atoms with E-state index < -0.39 is 10.0 Å². The lowest BCUT2D eigenvalue weighted by molar-refractivity contribution is -0.112. The minimum atomic E-state index is -3.58. The molecule has 1 saturated heterocycles. The molecule has 1 N–H and O–H groups in total. The van der Waals surface area contributed by atoms with Crippen molar-refractivity contribution in [1.82, 2.24) is 19.5 Å². The van der Waals surface area contributed by atoms with Crippen LogP contribution < -0.4 is 4.72 Å². The van der Waals surface area contributed by atoms with Gasteiger partial charge in [-0.3, -0.25) is 14.8 Å². The molecule has 2 heterocycles. The summed E-state index contributed by atoms with van der Waals surface area (Å²) in [5, 5.41) is 1.50. The number of methoxy groups -OCH3 is 1. The Morgan fingerprint density at radius 2 is 1.97 bits per heavy atom. The van der Waals surface area contributed by atoms with Crippen LogP contribution in [0.25, 0.3) is 10.8 Å².